The molecule has 1 aromatic carbocycles. The van der Waals surface area contributed by atoms with E-state index in [9.17, 15) is 0 Å². The fourth-order valence-electron chi connectivity index (χ4n) is 1.83. The van der Waals surface area contributed by atoms with Gasteiger partial charge in [0.1, 0.15) is 5.82 Å². The Balaban J connectivity index is 1.99. The molecule has 0 fully saturated rings. The van der Waals surface area contributed by atoms with Gasteiger partial charge in [-0.25, -0.2) is 4.99 Å². The van der Waals surface area contributed by atoms with Crippen molar-refractivity contribution in [1.82, 2.24) is 25.4 Å². The Morgan fingerprint density at radius 2 is 2.05 bits per heavy atom. The average Bonchev–Trinajstić information content (AvgIpc) is 2.87. The molecule has 0 aliphatic carbocycles. The van der Waals surface area contributed by atoms with Crippen LogP contribution in [0, 0.1) is 19.3 Å². The fourth-order valence-corrected chi connectivity index (χ4v) is 1.83. The lowest BCUT2D eigenvalue weighted by Crippen LogP contribution is -2.37. The van der Waals surface area contributed by atoms with Crippen molar-refractivity contribution in [3.63, 3.8) is 0 Å². The van der Waals surface area contributed by atoms with E-state index in [-0.39, 0.29) is 0 Å². The summed E-state index contributed by atoms with van der Waals surface area (Å²) >= 11 is 0. The van der Waals surface area contributed by atoms with Crippen LogP contribution in [0.5, 0.6) is 0 Å². The molecule has 0 amide bonds. The van der Waals surface area contributed by atoms with E-state index in [1.807, 2.05) is 48.9 Å². The lowest BCUT2D eigenvalue weighted by molar-refractivity contribution is 0.722. The summed E-state index contributed by atoms with van der Waals surface area (Å²) in [5, 5.41) is 14.4. The van der Waals surface area contributed by atoms with Gasteiger partial charge in [-0.2, -0.15) is 0 Å². The van der Waals surface area contributed by atoms with Gasteiger partial charge in [0, 0.05) is 7.05 Å². The maximum absolute atomic E-state index is 5.30. The number of aliphatic imine (C=N–C) groups is 1. The van der Waals surface area contributed by atoms with Gasteiger partial charge in [-0.3, -0.25) is 0 Å². The van der Waals surface area contributed by atoms with Crippen molar-refractivity contribution in [2.75, 3.05) is 6.54 Å². The zero-order valence-electron chi connectivity index (χ0n) is 12.9. The molecule has 0 unspecified atom stereocenters. The van der Waals surface area contributed by atoms with Gasteiger partial charge >= 0.3 is 0 Å². The molecule has 22 heavy (non-hydrogen) atoms. The summed E-state index contributed by atoms with van der Waals surface area (Å²) < 4.78 is 1.93. The van der Waals surface area contributed by atoms with Crippen molar-refractivity contribution < 1.29 is 0 Å². The zero-order chi connectivity index (χ0) is 15.8. The van der Waals surface area contributed by atoms with E-state index in [4.69, 9.17) is 6.42 Å². The normalized spacial score (nSPS) is 11.0. The van der Waals surface area contributed by atoms with E-state index in [1.54, 1.807) is 0 Å². The molecule has 0 aliphatic rings. The SMILES string of the molecule is C#CCNC(=NCc1ccccc1)NCc1nnc(C)n1C. The highest BCUT2D eigenvalue weighted by Crippen LogP contribution is 2.00. The first-order valence-electron chi connectivity index (χ1n) is 7.05. The molecule has 0 atom stereocenters. The number of guanidine groups is 1. The predicted molar refractivity (Wildman–Crippen MR) is 87.0 cm³/mol. The summed E-state index contributed by atoms with van der Waals surface area (Å²) in [5.74, 6) is 4.91. The summed E-state index contributed by atoms with van der Waals surface area (Å²) in [6, 6.07) is 10.0. The fraction of sp³-hybridized carbons (Fsp3) is 0.312. The minimum Gasteiger partial charge on any atom is -0.349 e. The molecular formula is C16H20N6. The molecule has 0 radical (unpaired) electrons. The van der Waals surface area contributed by atoms with Crippen LogP contribution in [-0.2, 0) is 20.1 Å². The van der Waals surface area contributed by atoms with Crippen molar-refractivity contribution in [3.05, 3.63) is 47.5 Å². The standard InChI is InChI=1S/C16H20N6/c1-4-10-17-16(18-11-14-8-6-5-7-9-14)19-12-15-21-20-13(2)22(15)3/h1,5-9H,10-12H2,2-3H3,(H2,17,18,19). The number of terminal acetylenes is 1. The Morgan fingerprint density at radius 1 is 1.27 bits per heavy atom. The van der Waals surface area contributed by atoms with Crippen molar-refractivity contribution >= 4 is 5.96 Å². The molecule has 0 aliphatic heterocycles. The summed E-state index contributed by atoms with van der Waals surface area (Å²) in [6.07, 6.45) is 5.30. The number of nitrogens with one attached hydrogen (secondary N) is 2. The Morgan fingerprint density at radius 3 is 2.68 bits per heavy atom. The number of nitrogens with zero attached hydrogens (tertiary/aromatic N) is 4. The average molecular weight is 296 g/mol. The summed E-state index contributed by atoms with van der Waals surface area (Å²) in [4.78, 5) is 4.52. The van der Waals surface area contributed by atoms with E-state index in [0.29, 0.717) is 25.6 Å². The minimum absolute atomic E-state index is 0.415. The van der Waals surface area contributed by atoms with E-state index in [2.05, 4.69) is 31.7 Å². The number of hydrogen-bond acceptors (Lipinski definition) is 3. The third-order valence-corrected chi connectivity index (χ3v) is 3.22. The van der Waals surface area contributed by atoms with Crippen LogP contribution in [0.2, 0.25) is 0 Å². The maximum Gasteiger partial charge on any atom is 0.192 e. The largest absolute Gasteiger partial charge is 0.349 e. The number of rotatable bonds is 5. The molecule has 2 rings (SSSR count). The van der Waals surface area contributed by atoms with Crippen molar-refractivity contribution in [2.45, 2.75) is 20.0 Å². The van der Waals surface area contributed by atoms with Gasteiger partial charge in [0.25, 0.3) is 0 Å². The monoisotopic (exact) mass is 296 g/mol. The van der Waals surface area contributed by atoms with E-state index in [1.165, 1.54) is 0 Å². The molecule has 0 bridgehead atoms. The molecule has 6 heteroatoms. The minimum atomic E-state index is 0.415. The third kappa shape index (κ3) is 4.35. The van der Waals surface area contributed by atoms with Crippen LogP contribution in [0.3, 0.4) is 0 Å². The van der Waals surface area contributed by atoms with E-state index < -0.39 is 0 Å². The topological polar surface area (TPSA) is 67.1 Å². The predicted octanol–water partition coefficient (Wildman–Crippen LogP) is 0.992. The van der Waals surface area contributed by atoms with Gasteiger partial charge in [-0.1, -0.05) is 36.3 Å². The second-order valence-corrected chi connectivity index (χ2v) is 4.78. The van der Waals surface area contributed by atoms with Crippen LogP contribution in [0.15, 0.2) is 35.3 Å². The Hall–Kier alpha value is -2.81. The molecule has 114 valence electrons. The highest BCUT2D eigenvalue weighted by Gasteiger charge is 2.05. The first-order valence-corrected chi connectivity index (χ1v) is 7.05. The van der Waals surface area contributed by atoms with Gasteiger partial charge in [0.15, 0.2) is 11.8 Å². The molecule has 1 aromatic heterocycles. The van der Waals surface area contributed by atoms with Crippen LogP contribution in [-0.4, -0.2) is 27.3 Å². The first kappa shape index (κ1) is 15.6. The Kier molecular flexibility index (Phi) is 5.55. The van der Waals surface area contributed by atoms with Crippen molar-refractivity contribution in [1.29, 1.82) is 0 Å². The summed E-state index contributed by atoms with van der Waals surface area (Å²) in [5.41, 5.74) is 1.14. The molecule has 0 saturated carbocycles. The van der Waals surface area contributed by atoms with Crippen molar-refractivity contribution in [2.24, 2.45) is 12.0 Å². The summed E-state index contributed by atoms with van der Waals surface area (Å²) in [6.45, 7) is 3.44. The van der Waals surface area contributed by atoms with Gasteiger partial charge in [0.05, 0.1) is 19.6 Å². The maximum atomic E-state index is 5.30. The lowest BCUT2D eigenvalue weighted by Gasteiger charge is -2.10. The second-order valence-electron chi connectivity index (χ2n) is 4.78. The molecule has 6 nitrogen and oxygen atoms in total. The molecular weight excluding hydrogens is 276 g/mol. The van der Waals surface area contributed by atoms with Gasteiger partial charge in [0.2, 0.25) is 0 Å². The van der Waals surface area contributed by atoms with Gasteiger partial charge in [-0.15, -0.1) is 16.6 Å². The number of benzene rings is 1. The van der Waals surface area contributed by atoms with Crippen molar-refractivity contribution in [3.8, 4) is 12.3 Å². The second kappa shape index (κ2) is 7.84. The number of aromatic nitrogens is 3. The molecule has 2 N–H and O–H groups in total. The Labute approximate surface area is 130 Å². The lowest BCUT2D eigenvalue weighted by atomic mass is 10.2. The molecule has 2 aromatic rings. The zero-order valence-corrected chi connectivity index (χ0v) is 12.9. The highest BCUT2D eigenvalue weighted by atomic mass is 15.3. The molecule has 0 spiro atoms. The number of hydrogen-bond donors (Lipinski definition) is 2. The van der Waals surface area contributed by atoms with Crippen LogP contribution in [0.4, 0.5) is 0 Å². The highest BCUT2D eigenvalue weighted by molar-refractivity contribution is 5.79. The van der Waals surface area contributed by atoms with E-state index in [0.717, 1.165) is 17.2 Å². The van der Waals surface area contributed by atoms with Gasteiger partial charge in [-0.05, 0) is 12.5 Å². The smallest absolute Gasteiger partial charge is 0.192 e. The van der Waals surface area contributed by atoms with E-state index >= 15 is 0 Å². The Bertz CT molecular complexity index is 666. The van der Waals surface area contributed by atoms with Crippen LogP contribution in [0.1, 0.15) is 17.2 Å². The van der Waals surface area contributed by atoms with Gasteiger partial charge < -0.3 is 15.2 Å². The quantitative estimate of drug-likeness (QED) is 0.490. The summed E-state index contributed by atoms with van der Waals surface area (Å²) in [7, 11) is 1.93. The molecule has 0 saturated heterocycles. The third-order valence-electron chi connectivity index (χ3n) is 3.22. The number of aryl methyl sites for hydroxylation is 1. The van der Waals surface area contributed by atoms with Crippen LogP contribution >= 0.6 is 0 Å². The van der Waals surface area contributed by atoms with Crippen LogP contribution < -0.4 is 10.6 Å². The molecule has 1 heterocycles. The first-order chi connectivity index (χ1) is 10.7. The van der Waals surface area contributed by atoms with Crippen LogP contribution in [0.25, 0.3) is 0 Å².